The second kappa shape index (κ2) is 3.07. The molecule has 0 aromatic carbocycles. The first-order valence-corrected chi connectivity index (χ1v) is 2.39. The van der Waals surface area contributed by atoms with E-state index in [0.717, 1.165) is 0 Å². The van der Waals surface area contributed by atoms with E-state index in [1.165, 1.54) is 0 Å². The topological polar surface area (TPSA) is 40.5 Å². The molecule has 0 amide bonds. The van der Waals surface area contributed by atoms with Crippen LogP contribution in [0.3, 0.4) is 0 Å². The molecule has 42 valence electrons. The quantitative estimate of drug-likeness (QED) is 0.400. The van der Waals surface area contributed by atoms with Crippen LogP contribution in [0, 0.1) is 0 Å². The van der Waals surface area contributed by atoms with Crippen LogP contribution in [0.4, 0.5) is 0 Å². The third-order valence-corrected chi connectivity index (χ3v) is 0.637. The zero-order chi connectivity index (χ0) is 5.86. The number of aliphatic hydroxyl groups is 2. The second-order valence-electron chi connectivity index (χ2n) is 1.39. The minimum atomic E-state index is -1.27. The van der Waals surface area contributed by atoms with E-state index in [2.05, 4.69) is 12.2 Å². The van der Waals surface area contributed by atoms with Crippen LogP contribution in [0.25, 0.3) is 0 Å². The lowest BCUT2D eigenvalue weighted by molar-refractivity contribution is -0.0323. The molecule has 2 N–H and O–H groups in total. The van der Waals surface area contributed by atoms with Gasteiger partial charge in [-0.2, -0.15) is 0 Å². The molecule has 0 aliphatic rings. The van der Waals surface area contributed by atoms with Gasteiger partial charge in [-0.3, -0.25) is 0 Å². The molecule has 7 heavy (non-hydrogen) atoms. The predicted molar refractivity (Wildman–Crippen MR) is 31.1 cm³/mol. The molecule has 3 heteroatoms. The molecule has 0 spiro atoms. The maximum absolute atomic E-state index is 8.19. The van der Waals surface area contributed by atoms with Crippen molar-refractivity contribution in [3.05, 3.63) is 0 Å². The van der Waals surface area contributed by atoms with Gasteiger partial charge in [0.15, 0.2) is 6.29 Å². The van der Waals surface area contributed by atoms with E-state index in [9.17, 15) is 0 Å². The van der Waals surface area contributed by atoms with Gasteiger partial charge in [-0.1, -0.05) is 12.2 Å². The van der Waals surface area contributed by atoms with Crippen molar-refractivity contribution in [3.63, 3.8) is 0 Å². The Morgan fingerprint density at radius 1 is 1.71 bits per heavy atom. The van der Waals surface area contributed by atoms with Gasteiger partial charge in [0.05, 0.1) is 0 Å². The van der Waals surface area contributed by atoms with Gasteiger partial charge in [0.25, 0.3) is 0 Å². The van der Waals surface area contributed by atoms with Crippen LogP contribution in [0.5, 0.6) is 0 Å². The zero-order valence-corrected chi connectivity index (χ0v) is 4.90. The second-order valence-corrected chi connectivity index (χ2v) is 2.08. The molecule has 0 radical (unpaired) electrons. The smallest absolute Gasteiger partial charge is 0.156 e. The molecular formula is C4H8O2S. The first kappa shape index (κ1) is 7.01. The lowest BCUT2D eigenvalue weighted by Gasteiger charge is -1.97. The Bertz CT molecular complexity index is 70.1. The average Bonchev–Trinajstić information content (AvgIpc) is 1.27. The van der Waals surface area contributed by atoms with Gasteiger partial charge < -0.3 is 10.2 Å². The van der Waals surface area contributed by atoms with E-state index in [1.807, 2.05) is 0 Å². The number of hydrogen-bond acceptors (Lipinski definition) is 3. The molecule has 0 saturated carbocycles. The van der Waals surface area contributed by atoms with Crippen LogP contribution in [-0.2, 0) is 0 Å². The highest BCUT2D eigenvalue weighted by Gasteiger charge is 1.95. The van der Waals surface area contributed by atoms with E-state index < -0.39 is 6.29 Å². The predicted octanol–water partition coefficient (Wildman–Crippen LogP) is 0.0770. The van der Waals surface area contributed by atoms with Crippen molar-refractivity contribution >= 4 is 17.1 Å². The molecule has 0 rings (SSSR count). The number of thiocarbonyl (C=S) groups is 1. The standard InChI is InChI=1S/C4H8O2S/c1-3(7)2-4(5)6/h4-6H,2H2,1H3. The maximum Gasteiger partial charge on any atom is 0.156 e. The van der Waals surface area contributed by atoms with Crippen molar-refractivity contribution in [3.8, 4) is 0 Å². The summed E-state index contributed by atoms with van der Waals surface area (Å²) in [5.74, 6) is 0. The Morgan fingerprint density at radius 2 is 2.14 bits per heavy atom. The summed E-state index contributed by atoms with van der Waals surface area (Å²) < 4.78 is 0. The van der Waals surface area contributed by atoms with Crippen LogP contribution in [0.1, 0.15) is 13.3 Å². The summed E-state index contributed by atoms with van der Waals surface area (Å²) in [5, 5.41) is 16.4. The van der Waals surface area contributed by atoms with Crippen LogP contribution >= 0.6 is 12.2 Å². The SMILES string of the molecule is CC(=S)CC(O)O. The monoisotopic (exact) mass is 120 g/mol. The molecule has 0 aliphatic carbocycles. The molecule has 0 aromatic rings. The summed E-state index contributed by atoms with van der Waals surface area (Å²) in [4.78, 5) is 0.620. The summed E-state index contributed by atoms with van der Waals surface area (Å²) >= 11 is 4.55. The molecule has 0 saturated heterocycles. The normalized spacial score (nSPS) is 9.71. The Kier molecular flexibility index (Phi) is 3.07. The summed E-state index contributed by atoms with van der Waals surface area (Å²) in [6, 6.07) is 0. The number of aliphatic hydroxyl groups excluding tert-OH is 1. The summed E-state index contributed by atoms with van der Waals surface area (Å²) in [5.41, 5.74) is 0. The number of hydrogen-bond donors (Lipinski definition) is 2. The first-order chi connectivity index (χ1) is 3.13. The molecule has 0 atom stereocenters. The lowest BCUT2D eigenvalue weighted by atomic mass is 10.3. The lowest BCUT2D eigenvalue weighted by Crippen LogP contribution is -2.07. The first-order valence-electron chi connectivity index (χ1n) is 1.98. The van der Waals surface area contributed by atoms with E-state index in [4.69, 9.17) is 10.2 Å². The van der Waals surface area contributed by atoms with Gasteiger partial charge in [0.1, 0.15) is 0 Å². The molecule has 0 heterocycles. The van der Waals surface area contributed by atoms with Crippen LogP contribution in [-0.4, -0.2) is 21.4 Å². The van der Waals surface area contributed by atoms with Crippen LogP contribution in [0.15, 0.2) is 0 Å². The van der Waals surface area contributed by atoms with Gasteiger partial charge in [-0.25, -0.2) is 0 Å². The maximum atomic E-state index is 8.19. The Morgan fingerprint density at radius 3 is 2.14 bits per heavy atom. The van der Waals surface area contributed by atoms with Crippen molar-refractivity contribution in [2.75, 3.05) is 0 Å². The van der Waals surface area contributed by atoms with Gasteiger partial charge >= 0.3 is 0 Å². The molecule has 2 nitrogen and oxygen atoms in total. The minimum absolute atomic E-state index is 0.204. The largest absolute Gasteiger partial charge is 0.368 e. The fraction of sp³-hybridized carbons (Fsp3) is 0.750. The van der Waals surface area contributed by atoms with Crippen molar-refractivity contribution in [1.29, 1.82) is 0 Å². The van der Waals surface area contributed by atoms with Gasteiger partial charge in [0, 0.05) is 6.42 Å². The zero-order valence-electron chi connectivity index (χ0n) is 4.09. The Labute approximate surface area is 47.8 Å². The van der Waals surface area contributed by atoms with Crippen molar-refractivity contribution < 1.29 is 10.2 Å². The third kappa shape index (κ3) is 6.01. The molecule has 0 aliphatic heterocycles. The highest BCUT2D eigenvalue weighted by molar-refractivity contribution is 7.80. The molecular weight excluding hydrogens is 112 g/mol. The number of rotatable bonds is 2. The summed E-state index contributed by atoms with van der Waals surface area (Å²) in [6.07, 6.45) is -1.06. The van der Waals surface area contributed by atoms with Gasteiger partial charge in [-0.05, 0) is 11.8 Å². The molecule has 0 aromatic heterocycles. The van der Waals surface area contributed by atoms with Crippen molar-refractivity contribution in [1.82, 2.24) is 0 Å². The van der Waals surface area contributed by atoms with E-state index in [0.29, 0.717) is 4.86 Å². The molecule has 0 fully saturated rings. The average molecular weight is 120 g/mol. The van der Waals surface area contributed by atoms with Gasteiger partial charge in [0.2, 0.25) is 0 Å². The van der Waals surface area contributed by atoms with Crippen LogP contribution in [0.2, 0.25) is 0 Å². The summed E-state index contributed by atoms with van der Waals surface area (Å²) in [7, 11) is 0. The van der Waals surface area contributed by atoms with Gasteiger partial charge in [-0.15, -0.1) is 0 Å². The molecule has 0 unspecified atom stereocenters. The summed E-state index contributed by atoms with van der Waals surface area (Å²) in [6.45, 7) is 1.68. The van der Waals surface area contributed by atoms with Crippen LogP contribution < -0.4 is 0 Å². The van der Waals surface area contributed by atoms with E-state index >= 15 is 0 Å². The highest BCUT2D eigenvalue weighted by atomic mass is 32.1. The Hall–Kier alpha value is 0.0100. The van der Waals surface area contributed by atoms with E-state index in [-0.39, 0.29) is 6.42 Å². The fourth-order valence-electron chi connectivity index (χ4n) is 0.257. The minimum Gasteiger partial charge on any atom is -0.368 e. The Balaban J connectivity index is 3.13. The fourth-order valence-corrected chi connectivity index (χ4v) is 0.406. The van der Waals surface area contributed by atoms with Crippen molar-refractivity contribution in [2.45, 2.75) is 19.6 Å². The highest BCUT2D eigenvalue weighted by Crippen LogP contribution is 1.88. The van der Waals surface area contributed by atoms with Crippen molar-refractivity contribution in [2.24, 2.45) is 0 Å². The third-order valence-electron chi connectivity index (χ3n) is 0.470. The molecule has 0 bridgehead atoms. The van der Waals surface area contributed by atoms with E-state index in [1.54, 1.807) is 6.92 Å².